The SMILES string of the molecule is CC(C)c1cc(-c2ccccc2)cc(C(C)C)c1-n1c(-c2[c-]ccc3c2oc2ccccc23)nc2cnccc21.[2H]C(C)(C)c1cc(-c2[c-]cccc2)nc[c]1[Ge]([CH3])([CH3])[CH3].[Ir]. The van der Waals surface area contributed by atoms with Crippen molar-refractivity contribution in [2.45, 2.75) is 76.5 Å². The molecule has 1 radical (unpaired) electrons. The summed E-state index contributed by atoms with van der Waals surface area (Å²) in [5.41, 5.74) is 13.6. The largest absolute Gasteiger partial charge is 0 e. The fourth-order valence-electron chi connectivity index (χ4n) is 7.97. The molecule has 60 heavy (non-hydrogen) atoms. The van der Waals surface area contributed by atoms with E-state index >= 15 is 0 Å². The van der Waals surface area contributed by atoms with Crippen LogP contribution in [0.25, 0.3) is 72.4 Å². The number of hydrogen-bond donors (Lipinski definition) is 0. The van der Waals surface area contributed by atoms with Crippen LogP contribution in [-0.4, -0.2) is 32.8 Å². The summed E-state index contributed by atoms with van der Waals surface area (Å²) in [6.07, 6.45) is 5.69. The van der Waals surface area contributed by atoms with Gasteiger partial charge < -0.3 is 8.98 Å². The molecule has 305 valence electrons. The summed E-state index contributed by atoms with van der Waals surface area (Å²) < 4.78 is 18.5. The Kier molecular flexibility index (Phi) is 12.4. The van der Waals surface area contributed by atoms with Crippen LogP contribution < -0.4 is 4.40 Å². The molecule has 0 N–H and O–H groups in total. The maximum Gasteiger partial charge on any atom is 0 e. The number of furan rings is 1. The number of benzene rings is 5. The van der Waals surface area contributed by atoms with Gasteiger partial charge in [0.25, 0.3) is 0 Å². The molecule has 4 aromatic heterocycles. The normalized spacial score (nSPS) is 12.2. The Morgan fingerprint density at radius 1 is 0.700 bits per heavy atom. The molecule has 0 unspecified atom stereocenters. The maximum absolute atomic E-state index is 8.44. The van der Waals surface area contributed by atoms with Crippen LogP contribution in [0.4, 0.5) is 0 Å². The molecule has 0 saturated heterocycles. The third-order valence-electron chi connectivity index (χ3n) is 11.0. The summed E-state index contributed by atoms with van der Waals surface area (Å²) >= 11 is -2.03. The Bertz CT molecular complexity index is 2930. The van der Waals surface area contributed by atoms with E-state index in [0.717, 1.165) is 61.2 Å². The number of nitrogens with zero attached hydrogens (tertiary/aromatic N) is 4. The second-order valence-corrected chi connectivity index (χ2v) is 27.7. The molecular weight excluding hydrogens is 973 g/mol. The molecule has 4 heterocycles. The molecule has 9 aromatic rings. The number of pyridine rings is 2. The fourth-order valence-corrected chi connectivity index (χ4v) is 11.3. The molecule has 0 aliphatic carbocycles. The van der Waals surface area contributed by atoms with Crippen molar-refractivity contribution >= 4 is 50.6 Å². The first-order valence-corrected chi connectivity index (χ1v) is 27.9. The molecule has 9 rings (SSSR count). The molecule has 5 aromatic carbocycles. The van der Waals surface area contributed by atoms with Gasteiger partial charge in [0.05, 0.1) is 28.6 Å². The molecule has 0 atom stereocenters. The molecular formula is C53H52GeIrN4O-2. The van der Waals surface area contributed by atoms with Gasteiger partial charge in [-0.3, -0.25) is 9.97 Å². The first kappa shape index (κ1) is 41.6. The average Bonchev–Trinajstić information content (AvgIpc) is 3.82. The molecule has 0 aliphatic rings. The second kappa shape index (κ2) is 17.8. The Hall–Kier alpha value is -5.14. The maximum atomic E-state index is 8.44. The van der Waals surface area contributed by atoms with Crippen LogP contribution in [0.15, 0.2) is 138 Å². The van der Waals surface area contributed by atoms with E-state index in [2.05, 4.69) is 138 Å². The summed E-state index contributed by atoms with van der Waals surface area (Å²) in [6, 6.07) is 46.3. The summed E-state index contributed by atoms with van der Waals surface area (Å²) in [7, 11) is 0. The van der Waals surface area contributed by atoms with Gasteiger partial charge >= 0.3 is 120 Å². The second-order valence-electron chi connectivity index (χ2n) is 17.1. The summed E-state index contributed by atoms with van der Waals surface area (Å²) in [4.78, 5) is 14.2. The number of fused-ring (bicyclic) bond motifs is 4. The van der Waals surface area contributed by atoms with Crippen LogP contribution in [0.3, 0.4) is 0 Å². The van der Waals surface area contributed by atoms with E-state index in [4.69, 9.17) is 10.8 Å². The van der Waals surface area contributed by atoms with E-state index in [1.807, 2.05) is 81.0 Å². The minimum absolute atomic E-state index is 0. The molecule has 0 saturated carbocycles. The third-order valence-corrected chi connectivity index (χ3v) is 15.2. The summed E-state index contributed by atoms with van der Waals surface area (Å²) in [6.45, 7) is 13.0. The quantitative estimate of drug-likeness (QED) is 0.112. The summed E-state index contributed by atoms with van der Waals surface area (Å²) in [5.74, 6) is 7.83. The Labute approximate surface area is 372 Å². The number of aromatic nitrogens is 4. The zero-order chi connectivity index (χ0) is 42.3. The summed E-state index contributed by atoms with van der Waals surface area (Å²) in [5, 5.41) is 2.16. The van der Waals surface area contributed by atoms with E-state index in [1.165, 1.54) is 32.3 Å². The average molecular weight is 1030 g/mol. The monoisotopic (exact) mass is 1030 g/mol. The van der Waals surface area contributed by atoms with Gasteiger partial charge in [0.15, 0.2) is 0 Å². The number of hydrogen-bond acceptors (Lipinski definition) is 4. The standard InChI is InChI=1S/C36H30N3O.C17H22GeN.Ir/c1-22(2)29-19-25(24-11-6-5-7-12-24)20-30(23(3)4)34(29)39-32-17-18-37-21-31(32)38-36(39)28-15-10-14-27-26-13-8-9-16-33(26)40-35(27)28;1-13(2)15-11-17(14-9-7-6-8-10-14)19-12-16(15)18(3,4)5;/h5-14,16-23H,1-4H3;6-9,11-13H,1-5H3;/q2*-1;/i;13D;. The van der Waals surface area contributed by atoms with E-state index in [9.17, 15) is 0 Å². The van der Waals surface area contributed by atoms with Crippen molar-refractivity contribution in [3.05, 3.63) is 163 Å². The predicted octanol–water partition coefficient (Wildman–Crippen LogP) is 13.9. The Morgan fingerprint density at radius 2 is 1.40 bits per heavy atom. The van der Waals surface area contributed by atoms with Crippen LogP contribution in [0.5, 0.6) is 0 Å². The minimum Gasteiger partial charge on any atom is 0 e. The van der Waals surface area contributed by atoms with Crippen molar-refractivity contribution in [1.82, 2.24) is 19.5 Å². The number of rotatable bonds is 8. The minimum atomic E-state index is -2.03. The molecule has 0 fully saturated rings. The van der Waals surface area contributed by atoms with Crippen LogP contribution in [0.2, 0.25) is 17.3 Å². The molecule has 0 amide bonds. The van der Waals surface area contributed by atoms with Gasteiger partial charge in [0.2, 0.25) is 0 Å². The van der Waals surface area contributed by atoms with Crippen molar-refractivity contribution in [2.24, 2.45) is 0 Å². The van der Waals surface area contributed by atoms with Gasteiger partial charge in [-0.1, -0.05) is 87.2 Å². The van der Waals surface area contributed by atoms with Crippen LogP contribution >= 0.6 is 0 Å². The smallest absolute Gasteiger partial charge is 0 e. The molecule has 5 nitrogen and oxygen atoms in total. The van der Waals surface area contributed by atoms with Crippen LogP contribution in [-0.2, 0) is 20.1 Å². The van der Waals surface area contributed by atoms with Crippen molar-refractivity contribution in [3.63, 3.8) is 0 Å². The first-order chi connectivity index (χ1) is 28.7. The molecule has 7 heteroatoms. The zero-order valence-electron chi connectivity index (χ0n) is 36.9. The van der Waals surface area contributed by atoms with E-state index in [-0.39, 0.29) is 31.9 Å². The Balaban J connectivity index is 0.000000226. The third kappa shape index (κ3) is 8.43. The Morgan fingerprint density at radius 3 is 2.07 bits per heavy atom. The van der Waals surface area contributed by atoms with Gasteiger partial charge in [0.1, 0.15) is 5.58 Å². The van der Waals surface area contributed by atoms with Gasteiger partial charge in [0, 0.05) is 37.4 Å². The molecule has 0 bridgehead atoms. The van der Waals surface area contributed by atoms with E-state index < -0.39 is 19.2 Å². The van der Waals surface area contributed by atoms with Crippen LogP contribution in [0.1, 0.15) is 77.3 Å². The molecule has 0 spiro atoms. The topological polar surface area (TPSA) is 56.7 Å². The van der Waals surface area contributed by atoms with E-state index in [0.29, 0.717) is 0 Å². The van der Waals surface area contributed by atoms with Gasteiger partial charge in [-0.2, -0.15) is 0 Å². The van der Waals surface area contributed by atoms with Gasteiger partial charge in [-0.05, 0) is 58.4 Å². The fraction of sp³-hybridized carbons (Fsp3) is 0.226. The number of para-hydroxylation sites is 1. The van der Waals surface area contributed by atoms with Crippen molar-refractivity contribution in [3.8, 4) is 39.5 Å². The number of imidazole rings is 1. The van der Waals surface area contributed by atoms with Crippen molar-refractivity contribution in [2.75, 3.05) is 0 Å². The first-order valence-electron chi connectivity index (χ1n) is 21.1. The van der Waals surface area contributed by atoms with Gasteiger partial charge in [-0.25, -0.2) is 0 Å². The van der Waals surface area contributed by atoms with Crippen molar-refractivity contribution in [1.29, 1.82) is 0 Å². The zero-order valence-corrected chi connectivity index (χ0v) is 40.4. The van der Waals surface area contributed by atoms with Crippen molar-refractivity contribution < 1.29 is 25.9 Å². The van der Waals surface area contributed by atoms with E-state index in [1.54, 1.807) is 0 Å². The molecule has 0 aliphatic heterocycles. The van der Waals surface area contributed by atoms with Crippen LogP contribution in [0, 0.1) is 12.1 Å². The predicted molar refractivity (Wildman–Crippen MR) is 250 cm³/mol. The van der Waals surface area contributed by atoms with Gasteiger partial charge in [-0.15, -0.1) is 18.2 Å².